The number of nitrogens with zero attached hydrogens (tertiary/aromatic N) is 4. The summed E-state index contributed by atoms with van der Waals surface area (Å²) in [5, 5.41) is 0. The van der Waals surface area contributed by atoms with Crippen molar-refractivity contribution >= 4 is 5.91 Å². The summed E-state index contributed by atoms with van der Waals surface area (Å²) in [5.41, 5.74) is 1.39. The molecule has 2 heterocycles. The summed E-state index contributed by atoms with van der Waals surface area (Å²) >= 11 is 0. The maximum absolute atomic E-state index is 12.3. The van der Waals surface area contributed by atoms with Crippen LogP contribution in [0.4, 0.5) is 0 Å². The first-order valence-electron chi connectivity index (χ1n) is 5.86. The second kappa shape index (κ2) is 4.79. The summed E-state index contributed by atoms with van der Waals surface area (Å²) in [6, 6.07) is 0. The molecule has 0 spiro atoms. The molecule has 5 nitrogen and oxygen atoms in total. The van der Waals surface area contributed by atoms with E-state index in [2.05, 4.69) is 21.9 Å². The summed E-state index contributed by atoms with van der Waals surface area (Å²) in [5.74, 6) is 0.757. The van der Waals surface area contributed by atoms with Crippen molar-refractivity contribution in [3.8, 4) is 0 Å². The van der Waals surface area contributed by atoms with Gasteiger partial charge < -0.3 is 9.80 Å². The highest BCUT2D eigenvalue weighted by Crippen LogP contribution is 2.10. The number of aromatic nitrogens is 2. The van der Waals surface area contributed by atoms with Crippen LogP contribution in [0.3, 0.4) is 0 Å². The number of hydrogen-bond donors (Lipinski definition) is 0. The van der Waals surface area contributed by atoms with Gasteiger partial charge in [-0.05, 0) is 20.9 Å². The van der Waals surface area contributed by atoms with E-state index >= 15 is 0 Å². The van der Waals surface area contributed by atoms with E-state index in [1.54, 1.807) is 6.20 Å². The van der Waals surface area contributed by atoms with Gasteiger partial charge in [-0.1, -0.05) is 0 Å². The zero-order chi connectivity index (χ0) is 12.4. The zero-order valence-corrected chi connectivity index (χ0v) is 10.6. The molecule has 0 aliphatic carbocycles. The van der Waals surface area contributed by atoms with Gasteiger partial charge in [0.2, 0.25) is 0 Å². The van der Waals surface area contributed by atoms with Crippen LogP contribution in [0.25, 0.3) is 0 Å². The van der Waals surface area contributed by atoms with E-state index in [0.717, 1.165) is 31.9 Å². The Hall–Kier alpha value is -1.49. The fourth-order valence-corrected chi connectivity index (χ4v) is 1.97. The van der Waals surface area contributed by atoms with Crippen LogP contribution >= 0.6 is 0 Å². The Morgan fingerprint density at radius 1 is 1.24 bits per heavy atom. The Balaban J connectivity index is 2.14. The lowest BCUT2D eigenvalue weighted by Gasteiger charge is -2.32. The van der Waals surface area contributed by atoms with Crippen LogP contribution in [0.2, 0.25) is 0 Å². The first-order valence-corrected chi connectivity index (χ1v) is 5.86. The molecule has 1 amide bonds. The molecule has 1 aromatic heterocycles. The van der Waals surface area contributed by atoms with Crippen LogP contribution in [0, 0.1) is 13.8 Å². The minimum Gasteiger partial charge on any atom is -0.336 e. The van der Waals surface area contributed by atoms with E-state index in [1.807, 2.05) is 18.7 Å². The van der Waals surface area contributed by atoms with E-state index in [1.165, 1.54) is 0 Å². The van der Waals surface area contributed by atoms with Crippen molar-refractivity contribution in [2.45, 2.75) is 13.8 Å². The Morgan fingerprint density at radius 2 is 1.88 bits per heavy atom. The third-order valence-electron chi connectivity index (χ3n) is 3.12. The molecule has 0 N–H and O–H groups in total. The SMILES string of the molecule is Cc1ncc(C(=O)N2CCN(C)CC2)c(C)n1. The zero-order valence-electron chi connectivity index (χ0n) is 10.6. The molecule has 0 unspecified atom stereocenters. The van der Waals surface area contributed by atoms with Gasteiger partial charge in [0.25, 0.3) is 5.91 Å². The fourth-order valence-electron chi connectivity index (χ4n) is 1.97. The third-order valence-corrected chi connectivity index (χ3v) is 3.12. The summed E-state index contributed by atoms with van der Waals surface area (Å²) in [6.07, 6.45) is 1.64. The minimum absolute atomic E-state index is 0.0515. The van der Waals surface area contributed by atoms with E-state index in [-0.39, 0.29) is 5.91 Å². The highest BCUT2D eigenvalue weighted by atomic mass is 16.2. The molecule has 0 radical (unpaired) electrons. The topological polar surface area (TPSA) is 49.3 Å². The molecule has 5 heteroatoms. The number of rotatable bonds is 1. The van der Waals surface area contributed by atoms with Crippen molar-refractivity contribution in [2.75, 3.05) is 33.2 Å². The normalized spacial score (nSPS) is 17.2. The summed E-state index contributed by atoms with van der Waals surface area (Å²) in [7, 11) is 2.07. The number of amides is 1. The first kappa shape index (κ1) is 12.0. The molecule has 1 fully saturated rings. The molecular weight excluding hydrogens is 216 g/mol. The fraction of sp³-hybridized carbons (Fsp3) is 0.583. The summed E-state index contributed by atoms with van der Waals surface area (Å²) in [4.78, 5) is 24.7. The molecule has 1 saturated heterocycles. The smallest absolute Gasteiger partial charge is 0.257 e. The Bertz CT molecular complexity index is 425. The molecule has 2 rings (SSSR count). The van der Waals surface area contributed by atoms with E-state index in [9.17, 15) is 4.79 Å². The lowest BCUT2D eigenvalue weighted by atomic mass is 10.2. The Labute approximate surface area is 101 Å². The number of hydrogen-bond acceptors (Lipinski definition) is 4. The monoisotopic (exact) mass is 234 g/mol. The van der Waals surface area contributed by atoms with Crippen LogP contribution in [-0.2, 0) is 0 Å². The quantitative estimate of drug-likeness (QED) is 0.709. The van der Waals surface area contributed by atoms with Crippen molar-refractivity contribution in [1.82, 2.24) is 19.8 Å². The van der Waals surface area contributed by atoms with Gasteiger partial charge in [0.1, 0.15) is 5.82 Å². The van der Waals surface area contributed by atoms with Crippen molar-refractivity contribution in [3.63, 3.8) is 0 Å². The maximum Gasteiger partial charge on any atom is 0.257 e. The summed E-state index contributed by atoms with van der Waals surface area (Å²) in [6.45, 7) is 7.11. The molecule has 0 atom stereocenters. The van der Waals surface area contributed by atoms with Gasteiger partial charge in [0.15, 0.2) is 0 Å². The highest BCUT2D eigenvalue weighted by molar-refractivity contribution is 5.95. The molecule has 0 bridgehead atoms. The average Bonchev–Trinajstić information content (AvgIpc) is 2.29. The number of carbonyl (C=O) groups is 1. The van der Waals surface area contributed by atoms with E-state index < -0.39 is 0 Å². The molecule has 1 aliphatic rings. The average molecular weight is 234 g/mol. The van der Waals surface area contributed by atoms with Gasteiger partial charge in [-0.3, -0.25) is 4.79 Å². The van der Waals surface area contributed by atoms with Crippen LogP contribution in [0.5, 0.6) is 0 Å². The number of aryl methyl sites for hydroxylation is 2. The van der Waals surface area contributed by atoms with Gasteiger partial charge in [0.05, 0.1) is 11.3 Å². The molecular formula is C12H18N4O. The Kier molecular flexibility index (Phi) is 3.38. The molecule has 1 aliphatic heterocycles. The number of piperazine rings is 1. The molecule has 0 aromatic carbocycles. The number of likely N-dealkylation sites (N-methyl/N-ethyl adjacent to an activating group) is 1. The van der Waals surface area contributed by atoms with Gasteiger partial charge in [-0.2, -0.15) is 0 Å². The van der Waals surface area contributed by atoms with Crippen LogP contribution in [0.1, 0.15) is 21.9 Å². The van der Waals surface area contributed by atoms with Crippen molar-refractivity contribution in [1.29, 1.82) is 0 Å². The minimum atomic E-state index is 0.0515. The first-order chi connectivity index (χ1) is 8.08. The molecule has 0 saturated carbocycles. The van der Waals surface area contributed by atoms with Crippen LogP contribution < -0.4 is 0 Å². The predicted molar refractivity (Wildman–Crippen MR) is 64.9 cm³/mol. The third kappa shape index (κ3) is 2.61. The van der Waals surface area contributed by atoms with E-state index in [0.29, 0.717) is 11.4 Å². The molecule has 1 aromatic rings. The van der Waals surface area contributed by atoms with Crippen molar-refractivity contribution < 1.29 is 4.79 Å². The standard InChI is InChI=1S/C12H18N4O/c1-9-11(8-13-10(2)14-9)12(17)16-6-4-15(3)5-7-16/h8H,4-7H2,1-3H3. The Morgan fingerprint density at radius 3 is 2.47 bits per heavy atom. The molecule has 92 valence electrons. The van der Waals surface area contributed by atoms with Crippen LogP contribution in [0.15, 0.2) is 6.20 Å². The van der Waals surface area contributed by atoms with E-state index in [4.69, 9.17) is 0 Å². The van der Waals surface area contributed by atoms with Crippen molar-refractivity contribution in [2.24, 2.45) is 0 Å². The lowest BCUT2D eigenvalue weighted by Crippen LogP contribution is -2.47. The van der Waals surface area contributed by atoms with Gasteiger partial charge in [0, 0.05) is 32.4 Å². The number of carbonyl (C=O) groups excluding carboxylic acids is 1. The van der Waals surface area contributed by atoms with Crippen LogP contribution in [-0.4, -0.2) is 58.9 Å². The predicted octanol–water partition coefficient (Wildman–Crippen LogP) is 0.481. The second-order valence-corrected chi connectivity index (χ2v) is 4.51. The largest absolute Gasteiger partial charge is 0.336 e. The van der Waals surface area contributed by atoms with Gasteiger partial charge in [-0.15, -0.1) is 0 Å². The van der Waals surface area contributed by atoms with Gasteiger partial charge >= 0.3 is 0 Å². The lowest BCUT2D eigenvalue weighted by molar-refractivity contribution is 0.0662. The second-order valence-electron chi connectivity index (χ2n) is 4.51. The van der Waals surface area contributed by atoms with Gasteiger partial charge in [-0.25, -0.2) is 9.97 Å². The van der Waals surface area contributed by atoms with Crippen molar-refractivity contribution in [3.05, 3.63) is 23.3 Å². The molecule has 17 heavy (non-hydrogen) atoms. The summed E-state index contributed by atoms with van der Waals surface area (Å²) < 4.78 is 0. The maximum atomic E-state index is 12.3. The highest BCUT2D eigenvalue weighted by Gasteiger charge is 2.22.